The molecule has 0 saturated carbocycles. The van der Waals surface area contributed by atoms with Crippen LogP contribution in [0.2, 0.25) is 0 Å². The SMILES string of the molecule is Cc1ccc(CC(Br)c2ccc(Br)o2)cc1C. The zero-order valence-corrected chi connectivity index (χ0v) is 13.0. The summed E-state index contributed by atoms with van der Waals surface area (Å²) in [5, 5.41) is 0. The van der Waals surface area contributed by atoms with Gasteiger partial charge in [0.25, 0.3) is 0 Å². The van der Waals surface area contributed by atoms with Crippen molar-refractivity contribution in [3.63, 3.8) is 0 Å². The molecule has 1 nitrogen and oxygen atoms in total. The molecule has 0 aliphatic heterocycles. The first kappa shape index (κ1) is 12.9. The van der Waals surface area contributed by atoms with Crippen molar-refractivity contribution in [1.29, 1.82) is 0 Å². The molecule has 1 heterocycles. The van der Waals surface area contributed by atoms with Gasteiger partial charge in [0, 0.05) is 0 Å². The van der Waals surface area contributed by atoms with Crippen molar-refractivity contribution in [3.05, 3.63) is 57.5 Å². The number of furan rings is 1. The summed E-state index contributed by atoms with van der Waals surface area (Å²) in [6.07, 6.45) is 0.932. The monoisotopic (exact) mass is 356 g/mol. The third-order valence-electron chi connectivity index (χ3n) is 2.89. The molecule has 1 aromatic carbocycles. The van der Waals surface area contributed by atoms with Gasteiger partial charge in [-0.1, -0.05) is 34.1 Å². The van der Waals surface area contributed by atoms with Crippen LogP contribution in [0.4, 0.5) is 0 Å². The van der Waals surface area contributed by atoms with Gasteiger partial charge in [0.2, 0.25) is 0 Å². The van der Waals surface area contributed by atoms with Crippen molar-refractivity contribution >= 4 is 31.9 Å². The first-order chi connectivity index (χ1) is 8.06. The summed E-state index contributed by atoms with van der Waals surface area (Å²) in [6.45, 7) is 4.28. The van der Waals surface area contributed by atoms with E-state index in [-0.39, 0.29) is 4.83 Å². The highest BCUT2D eigenvalue weighted by atomic mass is 79.9. The zero-order valence-electron chi connectivity index (χ0n) is 9.84. The smallest absolute Gasteiger partial charge is 0.169 e. The summed E-state index contributed by atoms with van der Waals surface area (Å²) in [5.41, 5.74) is 3.99. The third-order valence-corrected chi connectivity index (χ3v) is 4.09. The van der Waals surface area contributed by atoms with E-state index in [0.29, 0.717) is 0 Å². The Kier molecular flexibility index (Phi) is 4.10. The lowest BCUT2D eigenvalue weighted by Gasteiger charge is -2.09. The van der Waals surface area contributed by atoms with Crippen LogP contribution in [0.3, 0.4) is 0 Å². The van der Waals surface area contributed by atoms with Crippen molar-refractivity contribution in [2.45, 2.75) is 25.1 Å². The number of aryl methyl sites for hydroxylation is 2. The molecule has 17 heavy (non-hydrogen) atoms. The van der Waals surface area contributed by atoms with E-state index in [0.717, 1.165) is 16.9 Å². The minimum absolute atomic E-state index is 0.218. The Morgan fingerprint density at radius 1 is 1.12 bits per heavy atom. The van der Waals surface area contributed by atoms with Crippen molar-refractivity contribution in [2.24, 2.45) is 0 Å². The van der Waals surface area contributed by atoms with E-state index >= 15 is 0 Å². The Labute approximate surface area is 118 Å². The van der Waals surface area contributed by atoms with E-state index in [1.54, 1.807) is 0 Å². The molecule has 0 bridgehead atoms. The van der Waals surface area contributed by atoms with Crippen LogP contribution in [0, 0.1) is 13.8 Å². The van der Waals surface area contributed by atoms with Crippen LogP contribution in [0.1, 0.15) is 27.3 Å². The number of hydrogen-bond donors (Lipinski definition) is 0. The standard InChI is InChI=1S/C14H14Br2O/c1-9-3-4-11(7-10(9)2)8-12(15)13-5-6-14(16)17-13/h3-7,12H,8H2,1-2H3. The topological polar surface area (TPSA) is 13.1 Å². The van der Waals surface area contributed by atoms with Crippen LogP contribution in [0.5, 0.6) is 0 Å². The summed E-state index contributed by atoms with van der Waals surface area (Å²) in [6, 6.07) is 10.5. The Morgan fingerprint density at radius 2 is 1.88 bits per heavy atom. The van der Waals surface area contributed by atoms with Crippen LogP contribution >= 0.6 is 31.9 Å². The average molecular weight is 358 g/mol. The molecule has 1 unspecified atom stereocenters. The first-order valence-electron chi connectivity index (χ1n) is 5.51. The van der Waals surface area contributed by atoms with Crippen LogP contribution < -0.4 is 0 Å². The number of rotatable bonds is 3. The van der Waals surface area contributed by atoms with Gasteiger partial charge < -0.3 is 4.42 Å². The second kappa shape index (κ2) is 5.40. The highest BCUT2D eigenvalue weighted by Crippen LogP contribution is 2.30. The summed E-state index contributed by atoms with van der Waals surface area (Å²) in [4.78, 5) is 0.218. The summed E-state index contributed by atoms with van der Waals surface area (Å²) >= 11 is 6.98. The summed E-state index contributed by atoms with van der Waals surface area (Å²) < 4.78 is 6.32. The Hall–Kier alpha value is -0.540. The lowest BCUT2D eigenvalue weighted by molar-refractivity contribution is 0.485. The van der Waals surface area contributed by atoms with Crippen molar-refractivity contribution in [3.8, 4) is 0 Å². The second-order valence-electron chi connectivity index (χ2n) is 4.23. The molecule has 90 valence electrons. The number of benzene rings is 1. The predicted octanol–water partition coefficient (Wildman–Crippen LogP) is 5.34. The molecule has 0 amide bonds. The molecule has 3 heteroatoms. The van der Waals surface area contributed by atoms with E-state index in [4.69, 9.17) is 4.42 Å². The molecule has 0 saturated heterocycles. The van der Waals surface area contributed by atoms with Gasteiger partial charge in [-0.15, -0.1) is 0 Å². The summed E-state index contributed by atoms with van der Waals surface area (Å²) in [7, 11) is 0. The highest BCUT2D eigenvalue weighted by molar-refractivity contribution is 9.10. The molecule has 2 rings (SSSR count). The normalized spacial score (nSPS) is 12.7. The maximum absolute atomic E-state index is 5.54. The van der Waals surface area contributed by atoms with E-state index in [1.165, 1.54) is 16.7 Å². The van der Waals surface area contributed by atoms with Gasteiger partial charge in [-0.2, -0.15) is 0 Å². The van der Waals surface area contributed by atoms with E-state index in [2.05, 4.69) is 63.9 Å². The van der Waals surface area contributed by atoms with Gasteiger partial charge in [-0.25, -0.2) is 0 Å². The maximum Gasteiger partial charge on any atom is 0.169 e. The van der Waals surface area contributed by atoms with E-state index < -0.39 is 0 Å². The van der Waals surface area contributed by atoms with Gasteiger partial charge in [-0.05, 0) is 65.0 Å². The quantitative estimate of drug-likeness (QED) is 0.676. The van der Waals surface area contributed by atoms with E-state index in [1.807, 2.05) is 12.1 Å². The minimum Gasteiger partial charge on any atom is -0.453 e. The highest BCUT2D eigenvalue weighted by Gasteiger charge is 2.12. The van der Waals surface area contributed by atoms with Gasteiger partial charge in [0.15, 0.2) is 4.67 Å². The molecule has 1 atom stereocenters. The average Bonchev–Trinajstić information content (AvgIpc) is 2.70. The fourth-order valence-electron chi connectivity index (χ4n) is 1.73. The fourth-order valence-corrected chi connectivity index (χ4v) is 2.67. The minimum atomic E-state index is 0.218. The largest absolute Gasteiger partial charge is 0.453 e. The zero-order chi connectivity index (χ0) is 12.4. The lowest BCUT2D eigenvalue weighted by atomic mass is 10.0. The molecule has 2 aromatic rings. The third kappa shape index (κ3) is 3.23. The molecule has 0 aliphatic rings. The Bertz CT molecular complexity index is 517. The molecule has 0 N–H and O–H groups in total. The molecule has 0 fully saturated rings. The molecule has 0 radical (unpaired) electrons. The number of alkyl halides is 1. The molecular formula is C14H14Br2O. The maximum atomic E-state index is 5.54. The van der Waals surface area contributed by atoms with Gasteiger partial charge >= 0.3 is 0 Å². The molecular weight excluding hydrogens is 344 g/mol. The summed E-state index contributed by atoms with van der Waals surface area (Å²) in [5.74, 6) is 0.954. The van der Waals surface area contributed by atoms with Gasteiger partial charge in [-0.3, -0.25) is 0 Å². The van der Waals surface area contributed by atoms with Crippen LogP contribution in [-0.4, -0.2) is 0 Å². The first-order valence-corrected chi connectivity index (χ1v) is 7.22. The Balaban J connectivity index is 2.12. The molecule has 0 aliphatic carbocycles. The van der Waals surface area contributed by atoms with Crippen molar-refractivity contribution < 1.29 is 4.42 Å². The predicted molar refractivity (Wildman–Crippen MR) is 77.7 cm³/mol. The van der Waals surface area contributed by atoms with Crippen LogP contribution in [0.15, 0.2) is 39.4 Å². The molecule has 1 aromatic heterocycles. The van der Waals surface area contributed by atoms with Crippen molar-refractivity contribution in [2.75, 3.05) is 0 Å². The second-order valence-corrected chi connectivity index (χ2v) is 6.12. The number of halogens is 2. The van der Waals surface area contributed by atoms with Gasteiger partial charge in [0.1, 0.15) is 5.76 Å². The van der Waals surface area contributed by atoms with Gasteiger partial charge in [0.05, 0.1) is 4.83 Å². The fraction of sp³-hybridized carbons (Fsp3) is 0.286. The molecule has 0 spiro atoms. The van der Waals surface area contributed by atoms with Crippen LogP contribution in [0.25, 0.3) is 0 Å². The van der Waals surface area contributed by atoms with E-state index in [9.17, 15) is 0 Å². The lowest BCUT2D eigenvalue weighted by Crippen LogP contribution is -1.95. The Morgan fingerprint density at radius 3 is 2.47 bits per heavy atom. The van der Waals surface area contributed by atoms with Crippen molar-refractivity contribution in [1.82, 2.24) is 0 Å². The van der Waals surface area contributed by atoms with Crippen LogP contribution in [-0.2, 0) is 6.42 Å². The number of hydrogen-bond acceptors (Lipinski definition) is 1.